The zero-order valence-corrected chi connectivity index (χ0v) is 19.7. The van der Waals surface area contributed by atoms with Crippen molar-refractivity contribution < 1.29 is 35.2 Å². The fourth-order valence-electron chi connectivity index (χ4n) is 3.63. The molecule has 1 atom stereocenters. The summed E-state index contributed by atoms with van der Waals surface area (Å²) in [6.45, 7) is 0.943. The van der Waals surface area contributed by atoms with Crippen molar-refractivity contribution in [2.75, 3.05) is 11.8 Å². The summed E-state index contributed by atoms with van der Waals surface area (Å²) in [6.07, 6.45) is -3.93. The van der Waals surface area contributed by atoms with E-state index in [4.69, 9.17) is 4.74 Å². The summed E-state index contributed by atoms with van der Waals surface area (Å²) >= 11 is 0. The molecule has 0 aliphatic heterocycles. The van der Waals surface area contributed by atoms with E-state index in [1.165, 1.54) is 43.7 Å². The third-order valence-electron chi connectivity index (χ3n) is 5.53. The minimum absolute atomic E-state index is 0.0276. The minimum Gasteiger partial charge on any atom is -0.495 e. The fraction of sp³-hybridized carbons (Fsp3) is 0.217. The number of methoxy groups -OCH3 is 1. The SMILES string of the molecule is COc1cc(CC(C)C(F)(F)F)c(F)cc1-n1c(=O)ccc2cc(S(=O)(=O)Nc3ccon3)ccc21. The fourth-order valence-corrected chi connectivity index (χ4v) is 4.65. The average Bonchev–Trinajstić information content (AvgIpc) is 3.31. The van der Waals surface area contributed by atoms with Crippen LogP contribution in [-0.4, -0.2) is 31.4 Å². The van der Waals surface area contributed by atoms with Crippen molar-refractivity contribution in [3.63, 3.8) is 0 Å². The topological polar surface area (TPSA) is 103 Å². The van der Waals surface area contributed by atoms with Crippen LogP contribution in [0.4, 0.5) is 23.4 Å². The lowest BCUT2D eigenvalue weighted by atomic mass is 9.99. The Morgan fingerprint density at radius 2 is 1.89 bits per heavy atom. The van der Waals surface area contributed by atoms with Gasteiger partial charge in [-0.3, -0.25) is 14.1 Å². The number of benzene rings is 2. The number of hydrogen-bond donors (Lipinski definition) is 1. The Morgan fingerprint density at radius 1 is 1.14 bits per heavy atom. The molecule has 0 aliphatic rings. The van der Waals surface area contributed by atoms with Gasteiger partial charge in [0.25, 0.3) is 15.6 Å². The number of hydrogen-bond acceptors (Lipinski definition) is 6. The van der Waals surface area contributed by atoms with E-state index >= 15 is 0 Å². The number of sulfonamides is 1. The molecule has 0 spiro atoms. The lowest BCUT2D eigenvalue weighted by molar-refractivity contribution is -0.169. The van der Waals surface area contributed by atoms with E-state index in [1.807, 2.05) is 0 Å². The molecule has 4 aromatic rings. The Kier molecular flexibility index (Phi) is 6.52. The maximum atomic E-state index is 14.9. The van der Waals surface area contributed by atoms with Crippen LogP contribution in [0.1, 0.15) is 12.5 Å². The van der Waals surface area contributed by atoms with Crippen molar-refractivity contribution in [1.29, 1.82) is 0 Å². The monoisotopic (exact) mass is 525 g/mol. The van der Waals surface area contributed by atoms with Crippen molar-refractivity contribution in [2.24, 2.45) is 5.92 Å². The molecule has 0 saturated carbocycles. The van der Waals surface area contributed by atoms with E-state index < -0.39 is 39.9 Å². The summed E-state index contributed by atoms with van der Waals surface area (Å²) in [4.78, 5) is 12.6. The van der Waals surface area contributed by atoms with E-state index in [0.717, 1.165) is 29.7 Å². The first-order valence-electron chi connectivity index (χ1n) is 10.4. The molecule has 0 radical (unpaired) electrons. The summed E-state index contributed by atoms with van der Waals surface area (Å²) in [5, 5.41) is 3.81. The Labute approximate surface area is 202 Å². The highest BCUT2D eigenvalue weighted by Crippen LogP contribution is 2.33. The maximum absolute atomic E-state index is 14.9. The molecule has 0 bridgehead atoms. The van der Waals surface area contributed by atoms with Crippen LogP contribution < -0.4 is 15.0 Å². The predicted molar refractivity (Wildman–Crippen MR) is 122 cm³/mol. The lowest BCUT2D eigenvalue weighted by Crippen LogP contribution is -2.23. The number of halogens is 4. The van der Waals surface area contributed by atoms with Gasteiger partial charge in [0.2, 0.25) is 0 Å². The van der Waals surface area contributed by atoms with Crippen LogP contribution >= 0.6 is 0 Å². The van der Waals surface area contributed by atoms with E-state index in [-0.39, 0.29) is 33.2 Å². The molecule has 36 heavy (non-hydrogen) atoms. The number of rotatable bonds is 7. The predicted octanol–water partition coefficient (Wildman–Crippen LogP) is 4.67. The van der Waals surface area contributed by atoms with E-state index in [1.54, 1.807) is 0 Å². The Hall–Kier alpha value is -3.87. The summed E-state index contributed by atoms with van der Waals surface area (Å²) in [7, 11) is -2.81. The van der Waals surface area contributed by atoms with Crippen molar-refractivity contribution >= 4 is 26.7 Å². The quantitative estimate of drug-likeness (QED) is 0.352. The van der Waals surface area contributed by atoms with Gasteiger partial charge in [-0.15, -0.1) is 0 Å². The van der Waals surface area contributed by atoms with Crippen LogP contribution in [-0.2, 0) is 16.4 Å². The number of aromatic nitrogens is 2. The number of pyridine rings is 1. The second kappa shape index (κ2) is 9.30. The van der Waals surface area contributed by atoms with Gasteiger partial charge in [0.15, 0.2) is 5.82 Å². The second-order valence-electron chi connectivity index (χ2n) is 7.98. The first-order chi connectivity index (χ1) is 16.9. The average molecular weight is 525 g/mol. The number of fused-ring (bicyclic) bond motifs is 1. The Balaban J connectivity index is 1.81. The number of nitrogens with one attached hydrogen (secondary N) is 1. The minimum atomic E-state index is -4.51. The van der Waals surface area contributed by atoms with Crippen LogP contribution in [0.2, 0.25) is 0 Å². The molecule has 0 amide bonds. The standard InChI is InChI=1S/C23H19F4N3O5S/c1-13(23(25,26)27)9-15-11-20(34-2)19(12-17(15)24)30-18-5-4-16(10-14(18)3-6-22(30)31)36(32,33)29-21-7-8-35-28-21/h3-8,10-13H,9H2,1-2H3,(H,28,29). The van der Waals surface area contributed by atoms with Gasteiger partial charge in [-0.25, -0.2) is 12.8 Å². The van der Waals surface area contributed by atoms with Gasteiger partial charge in [-0.2, -0.15) is 13.2 Å². The third-order valence-corrected chi connectivity index (χ3v) is 6.88. The van der Waals surface area contributed by atoms with Crippen LogP contribution in [0.15, 0.2) is 69.0 Å². The summed E-state index contributed by atoms with van der Waals surface area (Å²) in [6, 6.07) is 9.81. The van der Waals surface area contributed by atoms with Gasteiger partial charge >= 0.3 is 6.18 Å². The van der Waals surface area contributed by atoms with Gasteiger partial charge < -0.3 is 9.26 Å². The molecule has 2 heterocycles. The zero-order chi connectivity index (χ0) is 26.3. The number of alkyl halides is 3. The van der Waals surface area contributed by atoms with Crippen molar-refractivity contribution in [3.8, 4) is 11.4 Å². The maximum Gasteiger partial charge on any atom is 0.391 e. The van der Waals surface area contributed by atoms with Gasteiger partial charge in [-0.1, -0.05) is 12.1 Å². The largest absolute Gasteiger partial charge is 0.495 e. The third kappa shape index (κ3) is 4.91. The molecular formula is C23H19F4N3O5S. The highest BCUT2D eigenvalue weighted by molar-refractivity contribution is 7.92. The van der Waals surface area contributed by atoms with Crippen LogP contribution in [0.5, 0.6) is 5.75 Å². The van der Waals surface area contributed by atoms with Gasteiger partial charge in [0, 0.05) is 23.6 Å². The van der Waals surface area contributed by atoms with Crippen molar-refractivity contribution in [2.45, 2.75) is 24.4 Å². The van der Waals surface area contributed by atoms with E-state index in [2.05, 4.69) is 14.4 Å². The number of anilines is 1. The first kappa shape index (κ1) is 25.2. The highest BCUT2D eigenvalue weighted by atomic mass is 32.2. The lowest BCUT2D eigenvalue weighted by Gasteiger charge is -2.19. The smallest absolute Gasteiger partial charge is 0.391 e. The van der Waals surface area contributed by atoms with Crippen molar-refractivity contribution in [3.05, 3.63) is 76.5 Å². The summed E-state index contributed by atoms with van der Waals surface area (Å²) in [5.41, 5.74) is -0.642. The number of nitrogens with zero attached hydrogens (tertiary/aromatic N) is 2. The van der Waals surface area contributed by atoms with Crippen molar-refractivity contribution in [1.82, 2.24) is 9.72 Å². The molecule has 0 fully saturated rings. The molecule has 0 aliphatic carbocycles. The zero-order valence-electron chi connectivity index (χ0n) is 18.8. The molecule has 8 nitrogen and oxygen atoms in total. The van der Waals surface area contributed by atoms with Gasteiger partial charge in [0.05, 0.1) is 29.1 Å². The number of ether oxygens (including phenoxy) is 1. The normalized spacial score (nSPS) is 13.1. The molecule has 13 heteroatoms. The summed E-state index contributed by atoms with van der Waals surface area (Å²) < 4.78 is 92.5. The Bertz CT molecular complexity index is 1580. The molecule has 1 unspecified atom stereocenters. The van der Waals surface area contributed by atoms with Gasteiger partial charge in [0.1, 0.15) is 17.8 Å². The van der Waals surface area contributed by atoms with Crippen LogP contribution in [0.25, 0.3) is 16.6 Å². The van der Waals surface area contributed by atoms with E-state index in [9.17, 15) is 30.8 Å². The first-order valence-corrected chi connectivity index (χ1v) is 11.9. The summed E-state index contributed by atoms with van der Waals surface area (Å²) in [5.74, 6) is -2.80. The molecule has 1 N–H and O–H groups in total. The van der Waals surface area contributed by atoms with Crippen LogP contribution in [0, 0.1) is 11.7 Å². The molecule has 2 aromatic carbocycles. The molecule has 190 valence electrons. The van der Waals surface area contributed by atoms with Crippen LogP contribution in [0.3, 0.4) is 0 Å². The molecular weight excluding hydrogens is 506 g/mol. The van der Waals surface area contributed by atoms with Gasteiger partial charge in [-0.05, 0) is 42.3 Å². The Morgan fingerprint density at radius 3 is 2.53 bits per heavy atom. The molecule has 4 rings (SSSR count). The highest BCUT2D eigenvalue weighted by Gasteiger charge is 2.36. The molecule has 0 saturated heterocycles. The second-order valence-corrected chi connectivity index (χ2v) is 9.66. The molecule has 2 aromatic heterocycles. The van der Waals surface area contributed by atoms with E-state index in [0.29, 0.717) is 5.39 Å².